The number of nitrogens with zero attached hydrogens (tertiary/aromatic N) is 1. The highest BCUT2D eigenvalue weighted by Crippen LogP contribution is 2.48. The molecule has 25 heavy (non-hydrogen) atoms. The molecule has 4 heteroatoms. The lowest BCUT2D eigenvalue weighted by Gasteiger charge is -2.45. The van der Waals surface area contributed by atoms with E-state index in [0.717, 1.165) is 6.42 Å². The molecule has 2 aliphatic rings. The van der Waals surface area contributed by atoms with E-state index in [1.54, 1.807) is 0 Å². The van der Waals surface area contributed by atoms with Crippen molar-refractivity contribution in [2.45, 2.75) is 71.0 Å². The van der Waals surface area contributed by atoms with Crippen LogP contribution in [0.2, 0.25) is 25.7 Å². The fraction of sp³-hybridized carbons (Fsp3) is 0.667. The minimum absolute atomic E-state index is 0.00202. The van der Waals surface area contributed by atoms with Gasteiger partial charge in [0.1, 0.15) is 12.6 Å². The summed E-state index contributed by atoms with van der Waals surface area (Å²) in [5.41, 5.74) is 1.42. The zero-order valence-corrected chi connectivity index (χ0v) is 17.6. The smallest absolute Gasteiger partial charge is 0.323 e. The lowest BCUT2D eigenvalue weighted by Crippen LogP contribution is -2.54. The number of rotatable bonds is 3. The van der Waals surface area contributed by atoms with Gasteiger partial charge in [0.15, 0.2) is 0 Å². The van der Waals surface area contributed by atoms with Crippen LogP contribution in [0, 0.1) is 11.3 Å². The summed E-state index contributed by atoms with van der Waals surface area (Å²) >= 11 is 0. The van der Waals surface area contributed by atoms with Crippen LogP contribution in [0.15, 0.2) is 30.3 Å². The summed E-state index contributed by atoms with van der Waals surface area (Å²) in [5, 5.41) is 0. The van der Waals surface area contributed by atoms with Gasteiger partial charge in [0.05, 0.1) is 6.04 Å². The molecule has 2 heterocycles. The average Bonchev–Trinajstić information content (AvgIpc) is 2.87. The van der Waals surface area contributed by atoms with Crippen molar-refractivity contribution < 1.29 is 9.53 Å². The summed E-state index contributed by atoms with van der Waals surface area (Å²) in [5.74, 6) is 0.428. The lowest BCUT2D eigenvalue weighted by molar-refractivity contribution is -0.165. The van der Waals surface area contributed by atoms with Crippen molar-refractivity contribution in [2.75, 3.05) is 6.61 Å². The zero-order chi connectivity index (χ0) is 18.4. The maximum atomic E-state index is 12.8. The molecule has 3 nitrogen and oxygen atoms in total. The average molecular weight is 360 g/mol. The summed E-state index contributed by atoms with van der Waals surface area (Å²) in [4.78, 5) is 15.3. The standard InChI is InChI=1S/C21H33NO2Si/c1-21(2,3)18-12-16(14-25(4,5)6)19-20(23)24-13-17(22(18)19)15-10-8-7-9-11-15/h7-11,16-19H,12-14H2,1-6H3/t16-,17-,18+,19+/m1/s1. The molecule has 2 aliphatic heterocycles. The second-order valence-electron chi connectivity index (χ2n) is 10.1. The second-order valence-corrected chi connectivity index (χ2v) is 15.6. The van der Waals surface area contributed by atoms with Crippen LogP contribution in [0.5, 0.6) is 0 Å². The topological polar surface area (TPSA) is 29.5 Å². The Balaban J connectivity index is 2.00. The molecule has 3 rings (SSSR count). The first kappa shape index (κ1) is 18.7. The number of ether oxygens (including phenoxy) is 1. The Morgan fingerprint density at radius 2 is 1.80 bits per heavy atom. The van der Waals surface area contributed by atoms with E-state index in [9.17, 15) is 4.79 Å². The fourth-order valence-electron chi connectivity index (χ4n) is 4.76. The Hall–Kier alpha value is -1.13. The van der Waals surface area contributed by atoms with Crippen LogP contribution in [0.1, 0.15) is 38.8 Å². The van der Waals surface area contributed by atoms with E-state index < -0.39 is 8.07 Å². The van der Waals surface area contributed by atoms with Gasteiger partial charge in [0.2, 0.25) is 0 Å². The third-order valence-corrected chi connectivity index (χ3v) is 7.45. The van der Waals surface area contributed by atoms with Gasteiger partial charge in [-0.3, -0.25) is 9.69 Å². The summed E-state index contributed by atoms with van der Waals surface area (Å²) in [6.45, 7) is 14.6. The van der Waals surface area contributed by atoms with Gasteiger partial charge in [0, 0.05) is 14.1 Å². The molecule has 0 unspecified atom stereocenters. The Morgan fingerprint density at radius 3 is 2.36 bits per heavy atom. The molecule has 0 radical (unpaired) electrons. The van der Waals surface area contributed by atoms with Gasteiger partial charge >= 0.3 is 5.97 Å². The van der Waals surface area contributed by atoms with Gasteiger partial charge < -0.3 is 4.74 Å². The quantitative estimate of drug-likeness (QED) is 0.577. The van der Waals surface area contributed by atoms with Crippen LogP contribution in [0.3, 0.4) is 0 Å². The van der Waals surface area contributed by atoms with Crippen molar-refractivity contribution in [2.24, 2.45) is 11.3 Å². The van der Waals surface area contributed by atoms with Crippen molar-refractivity contribution in [3.8, 4) is 0 Å². The van der Waals surface area contributed by atoms with Crippen molar-refractivity contribution in [1.82, 2.24) is 4.90 Å². The number of cyclic esters (lactones) is 1. The van der Waals surface area contributed by atoms with Crippen molar-refractivity contribution in [1.29, 1.82) is 0 Å². The van der Waals surface area contributed by atoms with Gasteiger partial charge in [-0.2, -0.15) is 0 Å². The molecule has 2 saturated heterocycles. The molecule has 0 N–H and O–H groups in total. The molecular weight excluding hydrogens is 326 g/mol. The van der Waals surface area contributed by atoms with E-state index in [4.69, 9.17) is 4.74 Å². The SMILES string of the molecule is CC(C)(C)[C@@H]1C[C@H](C[Si](C)(C)C)[C@H]2C(=O)OC[C@H](c3ccccc3)N21. The number of hydrogen-bond acceptors (Lipinski definition) is 3. The first-order valence-corrected chi connectivity index (χ1v) is 13.3. The summed E-state index contributed by atoms with van der Waals surface area (Å²) in [7, 11) is -1.25. The summed E-state index contributed by atoms with van der Waals surface area (Å²) < 4.78 is 5.70. The van der Waals surface area contributed by atoms with Crippen LogP contribution in [0.25, 0.3) is 0 Å². The monoisotopic (exact) mass is 359 g/mol. The molecule has 0 saturated carbocycles. The third-order valence-electron chi connectivity index (χ3n) is 5.70. The highest BCUT2D eigenvalue weighted by molar-refractivity contribution is 6.76. The molecule has 138 valence electrons. The van der Waals surface area contributed by atoms with Gasteiger partial charge in [-0.1, -0.05) is 76.8 Å². The van der Waals surface area contributed by atoms with Crippen LogP contribution < -0.4 is 0 Å². The molecule has 4 atom stereocenters. The highest BCUT2D eigenvalue weighted by atomic mass is 28.3. The molecule has 1 aromatic carbocycles. The van der Waals surface area contributed by atoms with Crippen molar-refractivity contribution >= 4 is 14.0 Å². The van der Waals surface area contributed by atoms with E-state index in [1.165, 1.54) is 11.6 Å². The minimum atomic E-state index is -1.25. The lowest BCUT2D eigenvalue weighted by atomic mass is 9.83. The molecular formula is C21H33NO2Si. The molecule has 0 amide bonds. The van der Waals surface area contributed by atoms with Gasteiger partial charge in [-0.25, -0.2) is 0 Å². The van der Waals surface area contributed by atoms with E-state index in [-0.39, 0.29) is 23.5 Å². The third kappa shape index (κ3) is 3.85. The number of carbonyl (C=O) groups is 1. The van der Waals surface area contributed by atoms with Gasteiger partial charge in [-0.05, 0) is 23.3 Å². The number of fused-ring (bicyclic) bond motifs is 1. The maximum Gasteiger partial charge on any atom is 0.323 e. The van der Waals surface area contributed by atoms with E-state index in [1.807, 2.05) is 0 Å². The van der Waals surface area contributed by atoms with Crippen LogP contribution >= 0.6 is 0 Å². The number of hydrogen-bond donors (Lipinski definition) is 0. The molecule has 0 aromatic heterocycles. The molecule has 0 aliphatic carbocycles. The Morgan fingerprint density at radius 1 is 1.16 bits per heavy atom. The highest BCUT2D eigenvalue weighted by Gasteiger charge is 2.55. The zero-order valence-electron chi connectivity index (χ0n) is 16.6. The van der Waals surface area contributed by atoms with Crippen LogP contribution in [0.4, 0.5) is 0 Å². The first-order valence-electron chi connectivity index (χ1n) is 9.57. The number of carbonyl (C=O) groups excluding carboxylic acids is 1. The van der Waals surface area contributed by atoms with Crippen LogP contribution in [-0.2, 0) is 9.53 Å². The van der Waals surface area contributed by atoms with Crippen molar-refractivity contribution in [3.63, 3.8) is 0 Å². The Bertz CT molecular complexity index is 617. The summed E-state index contributed by atoms with van der Waals surface area (Å²) in [6, 6.07) is 12.3. The second kappa shape index (κ2) is 6.55. The number of benzene rings is 1. The predicted molar refractivity (Wildman–Crippen MR) is 105 cm³/mol. The number of esters is 1. The van der Waals surface area contributed by atoms with Crippen LogP contribution in [-0.4, -0.2) is 37.6 Å². The summed E-state index contributed by atoms with van der Waals surface area (Å²) in [6.07, 6.45) is 1.11. The fourth-order valence-corrected chi connectivity index (χ4v) is 6.72. The molecule has 2 fully saturated rings. The minimum Gasteiger partial charge on any atom is -0.462 e. The first-order chi connectivity index (χ1) is 11.6. The Kier molecular flexibility index (Phi) is 4.88. The van der Waals surface area contributed by atoms with E-state index in [2.05, 4.69) is 75.6 Å². The molecule has 1 aromatic rings. The van der Waals surface area contributed by atoms with Gasteiger partial charge in [0.25, 0.3) is 0 Å². The normalized spacial score (nSPS) is 30.9. The van der Waals surface area contributed by atoms with E-state index in [0.29, 0.717) is 18.6 Å². The predicted octanol–water partition coefficient (Wildman–Crippen LogP) is 4.73. The Labute approximate surface area is 153 Å². The largest absolute Gasteiger partial charge is 0.462 e. The van der Waals surface area contributed by atoms with Crippen molar-refractivity contribution in [3.05, 3.63) is 35.9 Å². The van der Waals surface area contributed by atoms with E-state index >= 15 is 0 Å². The number of morpholine rings is 1. The van der Waals surface area contributed by atoms with Gasteiger partial charge in [-0.15, -0.1) is 0 Å². The molecule has 0 bridgehead atoms. The molecule has 0 spiro atoms. The maximum absolute atomic E-state index is 12.8.